The highest BCUT2D eigenvalue weighted by molar-refractivity contribution is 8.76. The van der Waals surface area contributed by atoms with Crippen molar-refractivity contribution in [2.45, 2.75) is 120 Å². The van der Waals surface area contributed by atoms with Crippen molar-refractivity contribution in [3.63, 3.8) is 0 Å². The maximum Gasteiger partial charge on any atom is 0.409 e. The molecule has 0 aliphatic carbocycles. The number of epoxide rings is 1. The average molecular weight is 826 g/mol. The topological polar surface area (TPSA) is 156 Å². The minimum atomic E-state index is -1.83. The van der Waals surface area contributed by atoms with Crippen LogP contribution in [0.1, 0.15) is 72.8 Å². The Morgan fingerprint density at radius 1 is 1.25 bits per heavy atom. The third kappa shape index (κ3) is 10.5. The second-order valence-electron chi connectivity index (χ2n) is 15.4. The van der Waals surface area contributed by atoms with E-state index in [1.807, 2.05) is 26.2 Å². The Labute approximate surface area is 337 Å². The van der Waals surface area contributed by atoms with Crippen LogP contribution in [0.15, 0.2) is 35.9 Å². The lowest BCUT2D eigenvalue weighted by atomic mass is 9.83. The molecular formula is C39H56ClN3O10S2. The summed E-state index contributed by atoms with van der Waals surface area (Å²) < 4.78 is 29.2. The number of esters is 1. The summed E-state index contributed by atoms with van der Waals surface area (Å²) in [5.41, 5.74) is -0.900. The third-order valence-corrected chi connectivity index (χ3v) is 13.8. The van der Waals surface area contributed by atoms with Crippen LogP contribution in [0, 0.1) is 5.92 Å². The number of halogens is 1. The van der Waals surface area contributed by atoms with Gasteiger partial charge in [-0.05, 0) is 71.4 Å². The number of fused-ring (bicyclic) bond motifs is 5. The quantitative estimate of drug-likeness (QED) is 0.160. The Kier molecular flexibility index (Phi) is 14.7. The average Bonchev–Trinajstić information content (AvgIpc) is 3.82. The Balaban J connectivity index is 1.71. The van der Waals surface area contributed by atoms with E-state index >= 15 is 0 Å². The Bertz CT molecular complexity index is 1680. The van der Waals surface area contributed by atoms with Crippen LogP contribution in [-0.2, 0) is 39.8 Å². The van der Waals surface area contributed by atoms with Gasteiger partial charge in [-0.1, -0.05) is 63.9 Å². The number of hydrogen-bond donors (Lipinski definition) is 2. The number of hydrogen-bond acceptors (Lipinski definition) is 12. The van der Waals surface area contributed by atoms with E-state index in [-0.39, 0.29) is 34.9 Å². The van der Waals surface area contributed by atoms with E-state index < -0.39 is 65.7 Å². The van der Waals surface area contributed by atoms with Crippen LogP contribution in [0.3, 0.4) is 0 Å². The fourth-order valence-electron chi connectivity index (χ4n) is 7.07. The van der Waals surface area contributed by atoms with Crippen molar-refractivity contribution in [1.82, 2.24) is 10.2 Å². The molecular weight excluding hydrogens is 770 g/mol. The van der Waals surface area contributed by atoms with E-state index in [0.29, 0.717) is 24.3 Å². The standard InChI is InChI=1S/C39H56ClN3O10S2/c1-22-13-12-14-29(50-10)39(48)21-28(51-36(47)41-39)23(2)34-38(6,53-34)30(20-32(45)43(8)26-18-25(17-22)19-27(49-9)33(26)40)52-35(46)24(3)42(7)31(44)15-16-37(4,5)55-54-11/h12-14,18-19,23-24,28-30,34,48H,15-17,20-21H2,1-11H3,(H,41,47)/b14-12+,22-13+/t23-,24+,28+,29?,30?,34+,38+,39+/m1/s1. The predicted molar refractivity (Wildman–Crippen MR) is 215 cm³/mol. The van der Waals surface area contributed by atoms with E-state index in [1.54, 1.807) is 73.8 Å². The van der Waals surface area contributed by atoms with Crippen molar-refractivity contribution in [1.29, 1.82) is 0 Å². The first-order valence-electron chi connectivity index (χ1n) is 18.3. The summed E-state index contributed by atoms with van der Waals surface area (Å²) in [6.07, 6.45) is 3.81. The molecule has 1 aromatic carbocycles. The van der Waals surface area contributed by atoms with Crippen LogP contribution >= 0.6 is 33.2 Å². The van der Waals surface area contributed by atoms with Crippen molar-refractivity contribution in [3.8, 4) is 5.75 Å². The number of amides is 3. The van der Waals surface area contributed by atoms with E-state index in [0.717, 1.165) is 11.1 Å². The van der Waals surface area contributed by atoms with Crippen LogP contribution in [0.25, 0.3) is 0 Å². The minimum absolute atomic E-state index is 0.0478. The summed E-state index contributed by atoms with van der Waals surface area (Å²) in [6, 6.07) is 2.62. The van der Waals surface area contributed by atoms with Crippen LogP contribution in [0.4, 0.5) is 10.5 Å². The summed E-state index contributed by atoms with van der Waals surface area (Å²) in [7, 11) is 9.39. The van der Waals surface area contributed by atoms with Gasteiger partial charge in [0.1, 0.15) is 40.7 Å². The molecule has 0 saturated carbocycles. The number of carbonyl (C=O) groups is 4. The third-order valence-electron chi connectivity index (χ3n) is 10.8. The number of likely N-dealkylation sites (N-methyl/N-ethyl adjacent to an activating group) is 1. The second kappa shape index (κ2) is 18.1. The van der Waals surface area contributed by atoms with Crippen molar-refractivity contribution in [3.05, 3.63) is 46.5 Å². The van der Waals surface area contributed by atoms with Crippen LogP contribution in [-0.4, -0.2) is 115 Å². The number of nitrogens with zero attached hydrogens (tertiary/aromatic N) is 2. The zero-order chi connectivity index (χ0) is 41.0. The zero-order valence-electron chi connectivity index (χ0n) is 33.6. The SMILES string of the molecule is COc1cc2cc(c1Cl)N(C)C(=O)CC(OC(=O)[C@H](C)N(C)C(=O)CCC(C)(C)SSC)[C@]1(C)O[C@H]1[C@H](C)[C@@H]1C[C@@](O)(NC(=O)O1)C(OC)/C=C/C=C(\C)C2. The Morgan fingerprint density at radius 3 is 2.58 bits per heavy atom. The lowest BCUT2D eigenvalue weighted by Crippen LogP contribution is -2.63. The minimum Gasteiger partial charge on any atom is -0.495 e. The highest BCUT2D eigenvalue weighted by Gasteiger charge is 2.64. The van der Waals surface area contributed by atoms with Gasteiger partial charge in [0.25, 0.3) is 0 Å². The molecule has 1 aromatic rings. The van der Waals surface area contributed by atoms with Gasteiger partial charge in [0.15, 0.2) is 5.72 Å². The number of rotatable bonds is 10. The maximum absolute atomic E-state index is 14.2. The molecule has 2 fully saturated rings. The van der Waals surface area contributed by atoms with Crippen LogP contribution < -0.4 is 15.0 Å². The molecule has 55 heavy (non-hydrogen) atoms. The zero-order valence-corrected chi connectivity index (χ0v) is 36.0. The van der Waals surface area contributed by atoms with Gasteiger partial charge in [-0.15, -0.1) is 0 Å². The summed E-state index contributed by atoms with van der Waals surface area (Å²) in [5.74, 6) is -1.50. The number of anilines is 1. The van der Waals surface area contributed by atoms with Crippen molar-refractivity contribution in [2.75, 3.05) is 39.5 Å². The Morgan fingerprint density at radius 2 is 1.95 bits per heavy atom. The van der Waals surface area contributed by atoms with Crippen LogP contribution in [0.2, 0.25) is 5.02 Å². The molecule has 3 aliphatic heterocycles. The lowest BCUT2D eigenvalue weighted by Gasteiger charge is -2.42. The van der Waals surface area contributed by atoms with E-state index in [9.17, 15) is 24.3 Å². The second-order valence-corrected chi connectivity index (χ2v) is 18.9. The number of aliphatic hydroxyl groups is 1. The van der Waals surface area contributed by atoms with Crippen LogP contribution in [0.5, 0.6) is 5.75 Å². The maximum atomic E-state index is 14.2. The molecule has 2 N–H and O–H groups in total. The molecule has 0 radical (unpaired) electrons. The van der Waals surface area contributed by atoms with Crippen molar-refractivity contribution in [2.24, 2.45) is 5.92 Å². The molecule has 4 bridgehead atoms. The van der Waals surface area contributed by atoms with Gasteiger partial charge in [-0.25, -0.2) is 9.59 Å². The predicted octanol–water partition coefficient (Wildman–Crippen LogP) is 6.08. The summed E-state index contributed by atoms with van der Waals surface area (Å²) in [6.45, 7) is 11.2. The molecule has 0 aromatic heterocycles. The van der Waals surface area contributed by atoms with Gasteiger partial charge in [0.05, 0.1) is 25.3 Å². The van der Waals surface area contributed by atoms with Gasteiger partial charge < -0.3 is 38.6 Å². The smallest absolute Gasteiger partial charge is 0.409 e. The molecule has 4 rings (SSSR count). The molecule has 16 heteroatoms. The number of ether oxygens (including phenoxy) is 5. The molecule has 3 amide bonds. The number of alkyl carbamates (subject to hydrolysis) is 1. The van der Waals surface area contributed by atoms with Crippen molar-refractivity contribution >= 4 is 62.8 Å². The van der Waals surface area contributed by atoms with E-state index in [1.165, 1.54) is 24.0 Å². The van der Waals surface area contributed by atoms with Gasteiger partial charge in [-0.2, -0.15) is 0 Å². The number of methoxy groups -OCH3 is 2. The first-order chi connectivity index (χ1) is 25.7. The fraction of sp³-hybridized carbons (Fsp3) is 0.641. The van der Waals surface area contributed by atoms with E-state index in [4.69, 9.17) is 35.3 Å². The highest BCUT2D eigenvalue weighted by atomic mass is 35.5. The van der Waals surface area contributed by atoms with Gasteiger partial charge in [-0.3, -0.25) is 14.9 Å². The summed E-state index contributed by atoms with van der Waals surface area (Å²) in [4.78, 5) is 56.9. The molecule has 13 nitrogen and oxygen atoms in total. The molecule has 3 aliphatic rings. The number of benzene rings is 1. The molecule has 306 valence electrons. The first-order valence-corrected chi connectivity index (χ1v) is 21.2. The highest BCUT2D eigenvalue weighted by Crippen LogP contribution is 2.49. The number of allylic oxidation sites excluding steroid dienone is 3. The Hall–Kier alpha value is -2.95. The van der Waals surface area contributed by atoms with Gasteiger partial charge in [0, 0.05) is 44.7 Å². The summed E-state index contributed by atoms with van der Waals surface area (Å²) >= 11 is 6.78. The molecule has 0 spiro atoms. The van der Waals surface area contributed by atoms with Crippen molar-refractivity contribution < 1.29 is 48.0 Å². The molecule has 3 heterocycles. The fourth-order valence-corrected chi connectivity index (χ4v) is 9.62. The largest absolute Gasteiger partial charge is 0.495 e. The molecule has 8 atom stereocenters. The summed E-state index contributed by atoms with van der Waals surface area (Å²) in [5, 5.41) is 14.5. The van der Waals surface area contributed by atoms with E-state index in [2.05, 4.69) is 19.2 Å². The normalized spacial score (nSPS) is 30.8. The van der Waals surface area contributed by atoms with Gasteiger partial charge >= 0.3 is 12.1 Å². The molecule has 2 unspecified atom stereocenters. The monoisotopic (exact) mass is 825 g/mol. The number of nitrogens with one attached hydrogen (secondary N) is 1. The van der Waals surface area contributed by atoms with Gasteiger partial charge in [0.2, 0.25) is 11.8 Å². The lowest BCUT2D eigenvalue weighted by molar-refractivity contribution is -0.162. The molecule has 2 saturated heterocycles. The number of carbonyl (C=O) groups excluding carboxylic acids is 4. The first kappa shape index (κ1) is 44.8.